The zero-order valence-corrected chi connectivity index (χ0v) is 18.1. The molecule has 164 valence electrons. The summed E-state index contributed by atoms with van der Waals surface area (Å²) in [5.74, 6) is 1.13. The highest BCUT2D eigenvalue weighted by Gasteiger charge is 2.33. The van der Waals surface area contributed by atoms with E-state index in [4.69, 9.17) is 0 Å². The average molecular weight is 440 g/mol. The number of likely N-dealkylation sites (tertiary alicyclic amines) is 1. The number of guanidine groups is 1. The van der Waals surface area contributed by atoms with E-state index < -0.39 is 11.9 Å². The normalized spacial score (nSPS) is 16.6. The van der Waals surface area contributed by atoms with Crippen LogP contribution in [0.5, 0.6) is 0 Å². The van der Waals surface area contributed by atoms with E-state index >= 15 is 0 Å². The molecule has 0 amide bonds. The molecule has 1 aliphatic rings. The van der Waals surface area contributed by atoms with Crippen LogP contribution in [0, 0.1) is 12.8 Å². The van der Waals surface area contributed by atoms with Gasteiger partial charge in [-0.2, -0.15) is 13.2 Å². The van der Waals surface area contributed by atoms with Gasteiger partial charge in [0.25, 0.3) is 0 Å². The van der Waals surface area contributed by atoms with Crippen LogP contribution in [0.25, 0.3) is 0 Å². The Kier molecular flexibility index (Phi) is 7.71. The Morgan fingerprint density at radius 1 is 1.20 bits per heavy atom. The Morgan fingerprint density at radius 3 is 2.50 bits per heavy atom. The molecule has 3 rings (SSSR count). The minimum atomic E-state index is -4.40. The van der Waals surface area contributed by atoms with Gasteiger partial charge in [-0.25, -0.2) is 4.98 Å². The Balaban J connectivity index is 1.37. The maximum atomic E-state index is 12.6. The second-order valence-corrected chi connectivity index (χ2v) is 8.58. The van der Waals surface area contributed by atoms with Crippen LogP contribution >= 0.6 is 11.3 Å². The largest absolute Gasteiger partial charge is 0.434 e. The van der Waals surface area contributed by atoms with Crippen LogP contribution in [0.4, 0.5) is 13.2 Å². The van der Waals surface area contributed by atoms with Crippen molar-refractivity contribution >= 4 is 17.3 Å². The van der Waals surface area contributed by atoms with Crippen molar-refractivity contribution < 1.29 is 13.2 Å². The maximum absolute atomic E-state index is 12.6. The van der Waals surface area contributed by atoms with E-state index in [0.717, 1.165) is 55.7 Å². The summed E-state index contributed by atoms with van der Waals surface area (Å²) in [5, 5.41) is 7.76. The van der Waals surface area contributed by atoms with Crippen LogP contribution < -0.4 is 10.6 Å². The SMILES string of the molecule is CN=C(NCc1nc(C(F)(F)F)cs1)NCC1CCN(Cc2ccc(C)cc2)CC1. The third-order valence-electron chi connectivity index (χ3n) is 5.26. The van der Waals surface area contributed by atoms with Gasteiger partial charge in [-0.15, -0.1) is 11.3 Å². The number of aromatic nitrogens is 1. The number of nitrogens with one attached hydrogen (secondary N) is 2. The predicted molar refractivity (Wildman–Crippen MR) is 114 cm³/mol. The van der Waals surface area contributed by atoms with Crippen LogP contribution in [0.3, 0.4) is 0 Å². The molecule has 1 saturated heterocycles. The molecule has 1 aromatic carbocycles. The van der Waals surface area contributed by atoms with Gasteiger partial charge in [0.05, 0.1) is 6.54 Å². The predicted octanol–water partition coefficient (Wildman–Crippen LogP) is 4.05. The van der Waals surface area contributed by atoms with E-state index in [1.54, 1.807) is 7.05 Å². The topological polar surface area (TPSA) is 52.6 Å². The number of alkyl halides is 3. The molecule has 0 atom stereocenters. The number of rotatable bonds is 6. The fourth-order valence-electron chi connectivity index (χ4n) is 3.44. The number of nitrogens with zero attached hydrogens (tertiary/aromatic N) is 3. The number of benzene rings is 1. The second-order valence-electron chi connectivity index (χ2n) is 7.64. The third kappa shape index (κ3) is 6.70. The Labute approximate surface area is 179 Å². The van der Waals surface area contributed by atoms with Crippen molar-refractivity contribution in [2.24, 2.45) is 10.9 Å². The number of halogens is 3. The first-order chi connectivity index (χ1) is 14.3. The molecular formula is C21H28F3N5S. The minimum absolute atomic E-state index is 0.218. The number of piperidine rings is 1. The summed E-state index contributed by atoms with van der Waals surface area (Å²) < 4.78 is 37.9. The highest BCUT2D eigenvalue weighted by Crippen LogP contribution is 2.29. The number of aliphatic imine (C=N–C) groups is 1. The highest BCUT2D eigenvalue weighted by atomic mass is 32.1. The van der Waals surface area contributed by atoms with Crippen LogP contribution in [0.2, 0.25) is 0 Å². The monoisotopic (exact) mass is 439 g/mol. The summed E-state index contributed by atoms with van der Waals surface area (Å²) in [6, 6.07) is 8.69. The molecule has 5 nitrogen and oxygen atoms in total. The second kappa shape index (κ2) is 10.3. The van der Waals surface area contributed by atoms with Crippen molar-refractivity contribution in [2.45, 2.75) is 39.0 Å². The molecule has 9 heteroatoms. The molecular weight excluding hydrogens is 411 g/mol. The summed E-state index contributed by atoms with van der Waals surface area (Å²) in [5.41, 5.74) is 1.78. The molecule has 2 aromatic rings. The van der Waals surface area contributed by atoms with Crippen LogP contribution in [0.1, 0.15) is 34.7 Å². The Bertz CT molecular complexity index is 824. The van der Waals surface area contributed by atoms with Crippen molar-refractivity contribution in [2.75, 3.05) is 26.7 Å². The minimum Gasteiger partial charge on any atom is -0.356 e. The van der Waals surface area contributed by atoms with Gasteiger partial charge >= 0.3 is 6.18 Å². The van der Waals surface area contributed by atoms with Crippen LogP contribution in [-0.4, -0.2) is 42.5 Å². The molecule has 1 aliphatic heterocycles. The van der Waals surface area contributed by atoms with Crippen LogP contribution in [-0.2, 0) is 19.3 Å². The highest BCUT2D eigenvalue weighted by molar-refractivity contribution is 7.09. The Morgan fingerprint density at radius 2 is 1.90 bits per heavy atom. The zero-order chi connectivity index (χ0) is 21.6. The maximum Gasteiger partial charge on any atom is 0.434 e. The van der Waals surface area contributed by atoms with E-state index in [1.165, 1.54) is 11.1 Å². The summed E-state index contributed by atoms with van der Waals surface area (Å²) in [7, 11) is 1.66. The van der Waals surface area contributed by atoms with Gasteiger partial charge in [-0.05, 0) is 44.3 Å². The molecule has 2 N–H and O–H groups in total. The first-order valence-corrected chi connectivity index (χ1v) is 11.0. The number of thiazole rings is 1. The van der Waals surface area contributed by atoms with Gasteiger partial charge in [-0.1, -0.05) is 29.8 Å². The first kappa shape index (κ1) is 22.6. The Hall–Kier alpha value is -2.13. The smallest absolute Gasteiger partial charge is 0.356 e. The standard InChI is InChI=1S/C21H28F3N5S/c1-15-3-5-17(6-4-15)13-29-9-7-16(8-10-29)11-26-20(25-2)27-12-19-28-18(14-30-19)21(22,23)24/h3-6,14,16H,7-13H2,1-2H3,(H2,25,26,27). The van der Waals surface area contributed by atoms with Gasteiger partial charge in [0.15, 0.2) is 11.7 Å². The molecule has 30 heavy (non-hydrogen) atoms. The van der Waals surface area contributed by atoms with Crippen LogP contribution in [0.15, 0.2) is 34.6 Å². The fraction of sp³-hybridized carbons (Fsp3) is 0.524. The lowest BCUT2D eigenvalue weighted by Gasteiger charge is -2.32. The van der Waals surface area contributed by atoms with E-state index in [9.17, 15) is 13.2 Å². The van der Waals surface area contributed by atoms with E-state index in [-0.39, 0.29) is 6.54 Å². The number of hydrogen-bond acceptors (Lipinski definition) is 4. The van der Waals surface area contributed by atoms with E-state index in [0.29, 0.717) is 16.9 Å². The quantitative estimate of drug-likeness (QED) is 0.527. The first-order valence-electron chi connectivity index (χ1n) is 10.1. The van der Waals surface area contributed by atoms with Gasteiger partial charge in [0.2, 0.25) is 0 Å². The summed E-state index contributed by atoms with van der Waals surface area (Å²) in [4.78, 5) is 10.3. The zero-order valence-electron chi connectivity index (χ0n) is 17.3. The summed E-state index contributed by atoms with van der Waals surface area (Å²) in [6.45, 7) is 6.22. The number of hydrogen-bond donors (Lipinski definition) is 2. The molecule has 1 fully saturated rings. The van der Waals surface area contributed by atoms with Crippen molar-refractivity contribution in [1.82, 2.24) is 20.5 Å². The third-order valence-corrected chi connectivity index (χ3v) is 6.11. The van der Waals surface area contributed by atoms with Gasteiger partial charge < -0.3 is 10.6 Å². The van der Waals surface area contributed by atoms with Gasteiger partial charge in [-0.3, -0.25) is 9.89 Å². The lowest BCUT2D eigenvalue weighted by atomic mass is 9.96. The molecule has 0 radical (unpaired) electrons. The summed E-state index contributed by atoms with van der Waals surface area (Å²) in [6.07, 6.45) is -2.18. The van der Waals surface area contributed by atoms with Gasteiger partial charge in [0.1, 0.15) is 5.01 Å². The van der Waals surface area contributed by atoms with Gasteiger partial charge in [0, 0.05) is 25.5 Å². The lowest BCUT2D eigenvalue weighted by Crippen LogP contribution is -2.42. The fourth-order valence-corrected chi connectivity index (χ4v) is 4.18. The van der Waals surface area contributed by atoms with E-state index in [2.05, 4.69) is 56.7 Å². The van der Waals surface area contributed by atoms with Crippen molar-refractivity contribution in [3.63, 3.8) is 0 Å². The average Bonchev–Trinajstić information content (AvgIpc) is 3.21. The molecule has 1 aromatic heterocycles. The molecule has 0 bridgehead atoms. The molecule has 0 aliphatic carbocycles. The van der Waals surface area contributed by atoms with Crippen molar-refractivity contribution in [3.8, 4) is 0 Å². The van der Waals surface area contributed by atoms with Crippen molar-refractivity contribution in [3.05, 3.63) is 51.5 Å². The van der Waals surface area contributed by atoms with Crippen molar-refractivity contribution in [1.29, 1.82) is 0 Å². The molecule has 0 unspecified atom stereocenters. The molecule has 2 heterocycles. The number of aryl methyl sites for hydroxylation is 1. The summed E-state index contributed by atoms with van der Waals surface area (Å²) >= 11 is 0.995. The van der Waals surface area contributed by atoms with E-state index in [1.807, 2.05) is 0 Å². The molecule has 0 spiro atoms. The molecule has 0 saturated carbocycles. The lowest BCUT2D eigenvalue weighted by molar-refractivity contribution is -0.140.